The van der Waals surface area contributed by atoms with Gasteiger partial charge >= 0.3 is 6.03 Å². The lowest BCUT2D eigenvalue weighted by molar-refractivity contribution is 0.251. The van der Waals surface area contributed by atoms with Crippen LogP contribution in [0, 0.1) is 17.5 Å². The van der Waals surface area contributed by atoms with Crippen molar-refractivity contribution in [1.29, 1.82) is 0 Å². The zero-order valence-corrected chi connectivity index (χ0v) is 10.3. The summed E-state index contributed by atoms with van der Waals surface area (Å²) < 4.78 is 39.1. The molecule has 0 aliphatic rings. The first kappa shape index (κ1) is 13.9. The number of halogens is 3. The lowest BCUT2D eigenvalue weighted by atomic mass is 10.2. The van der Waals surface area contributed by atoms with E-state index in [1.807, 2.05) is 0 Å². The predicted octanol–water partition coefficient (Wildman–Crippen LogP) is 3.43. The SMILES string of the molecule is O=C(NCc1ccccc1F)Nc1cc(F)cc(F)c1. The fourth-order valence-corrected chi connectivity index (χ4v) is 1.62. The molecule has 0 bridgehead atoms. The molecule has 0 saturated heterocycles. The maximum absolute atomic E-state index is 13.3. The Hall–Kier alpha value is -2.50. The molecule has 20 heavy (non-hydrogen) atoms. The van der Waals surface area contributed by atoms with Crippen LogP contribution in [0.5, 0.6) is 0 Å². The average molecular weight is 280 g/mol. The summed E-state index contributed by atoms with van der Waals surface area (Å²) in [7, 11) is 0. The molecule has 0 atom stereocenters. The third-order valence-electron chi connectivity index (χ3n) is 2.52. The maximum atomic E-state index is 13.3. The van der Waals surface area contributed by atoms with E-state index in [1.54, 1.807) is 6.07 Å². The molecule has 6 heteroatoms. The second-order valence-electron chi connectivity index (χ2n) is 4.06. The number of hydrogen-bond acceptors (Lipinski definition) is 1. The minimum Gasteiger partial charge on any atom is -0.334 e. The molecule has 2 aromatic rings. The summed E-state index contributed by atoms with van der Waals surface area (Å²) in [4.78, 5) is 11.5. The minimum absolute atomic E-state index is 0.0199. The molecule has 3 nitrogen and oxygen atoms in total. The Bertz CT molecular complexity index is 611. The molecule has 104 valence electrons. The van der Waals surface area contributed by atoms with Crippen molar-refractivity contribution >= 4 is 11.7 Å². The molecule has 0 spiro atoms. The van der Waals surface area contributed by atoms with E-state index in [0.717, 1.165) is 12.1 Å². The fourth-order valence-electron chi connectivity index (χ4n) is 1.62. The van der Waals surface area contributed by atoms with Gasteiger partial charge in [0.25, 0.3) is 0 Å². The van der Waals surface area contributed by atoms with Crippen LogP contribution in [0.2, 0.25) is 0 Å². The van der Waals surface area contributed by atoms with E-state index in [4.69, 9.17) is 0 Å². The smallest absolute Gasteiger partial charge is 0.319 e. The Morgan fingerprint density at radius 1 is 1.00 bits per heavy atom. The van der Waals surface area contributed by atoms with E-state index in [9.17, 15) is 18.0 Å². The van der Waals surface area contributed by atoms with Crippen LogP contribution in [0.4, 0.5) is 23.7 Å². The molecule has 0 radical (unpaired) electrons. The van der Waals surface area contributed by atoms with Gasteiger partial charge in [-0.15, -0.1) is 0 Å². The zero-order valence-electron chi connectivity index (χ0n) is 10.3. The van der Waals surface area contributed by atoms with Crippen LogP contribution < -0.4 is 10.6 Å². The topological polar surface area (TPSA) is 41.1 Å². The summed E-state index contributed by atoms with van der Waals surface area (Å²) in [5.74, 6) is -2.03. The van der Waals surface area contributed by atoms with Crippen molar-refractivity contribution in [2.75, 3.05) is 5.32 Å². The number of urea groups is 1. The summed E-state index contributed by atoms with van der Waals surface area (Å²) >= 11 is 0. The highest BCUT2D eigenvalue weighted by Crippen LogP contribution is 2.12. The zero-order chi connectivity index (χ0) is 14.5. The maximum Gasteiger partial charge on any atom is 0.319 e. The highest BCUT2D eigenvalue weighted by Gasteiger charge is 2.06. The highest BCUT2D eigenvalue weighted by molar-refractivity contribution is 5.89. The van der Waals surface area contributed by atoms with Crippen molar-refractivity contribution in [3.05, 3.63) is 65.5 Å². The van der Waals surface area contributed by atoms with Gasteiger partial charge in [-0.1, -0.05) is 18.2 Å². The van der Waals surface area contributed by atoms with Crippen LogP contribution in [0.25, 0.3) is 0 Å². The predicted molar refractivity (Wildman–Crippen MR) is 68.6 cm³/mol. The summed E-state index contributed by atoms with van der Waals surface area (Å²) in [5.41, 5.74) is 0.293. The summed E-state index contributed by atoms with van der Waals surface area (Å²) in [5, 5.41) is 4.65. The Morgan fingerprint density at radius 3 is 2.30 bits per heavy atom. The lowest BCUT2D eigenvalue weighted by Crippen LogP contribution is -2.28. The molecule has 2 rings (SSSR count). The number of amides is 2. The number of rotatable bonds is 3. The van der Waals surface area contributed by atoms with E-state index in [2.05, 4.69) is 10.6 Å². The van der Waals surface area contributed by atoms with E-state index >= 15 is 0 Å². The first-order valence-corrected chi connectivity index (χ1v) is 5.79. The van der Waals surface area contributed by atoms with Crippen LogP contribution >= 0.6 is 0 Å². The highest BCUT2D eigenvalue weighted by atomic mass is 19.1. The van der Waals surface area contributed by atoms with Crippen molar-refractivity contribution in [3.8, 4) is 0 Å². The molecule has 0 heterocycles. The molecule has 2 N–H and O–H groups in total. The summed E-state index contributed by atoms with van der Waals surface area (Å²) in [6.07, 6.45) is 0. The molecule has 2 aromatic carbocycles. The van der Waals surface area contributed by atoms with E-state index in [-0.39, 0.29) is 12.2 Å². The number of anilines is 1. The van der Waals surface area contributed by atoms with Gasteiger partial charge in [-0.3, -0.25) is 0 Å². The molecule has 0 saturated carbocycles. The van der Waals surface area contributed by atoms with Crippen molar-refractivity contribution in [1.82, 2.24) is 5.32 Å². The largest absolute Gasteiger partial charge is 0.334 e. The molecule has 0 fully saturated rings. The first-order valence-electron chi connectivity index (χ1n) is 5.79. The fraction of sp³-hybridized carbons (Fsp3) is 0.0714. The third-order valence-corrected chi connectivity index (χ3v) is 2.52. The van der Waals surface area contributed by atoms with Gasteiger partial charge in [0.15, 0.2) is 0 Å². The van der Waals surface area contributed by atoms with Gasteiger partial charge in [0.1, 0.15) is 17.5 Å². The Balaban J connectivity index is 1.94. The van der Waals surface area contributed by atoms with Gasteiger partial charge in [-0.05, 0) is 18.2 Å². The molecule has 2 amide bonds. The van der Waals surface area contributed by atoms with Gasteiger partial charge in [-0.25, -0.2) is 18.0 Å². The van der Waals surface area contributed by atoms with Gasteiger partial charge in [0.05, 0.1) is 0 Å². The molecular weight excluding hydrogens is 269 g/mol. The quantitative estimate of drug-likeness (QED) is 0.888. The van der Waals surface area contributed by atoms with Gasteiger partial charge in [-0.2, -0.15) is 0 Å². The second-order valence-corrected chi connectivity index (χ2v) is 4.06. The Labute approximate surface area is 113 Å². The first-order chi connectivity index (χ1) is 9.54. The molecule has 0 aromatic heterocycles. The molecule has 0 aliphatic heterocycles. The number of benzene rings is 2. The Kier molecular flexibility index (Phi) is 4.24. The number of carbonyl (C=O) groups is 1. The van der Waals surface area contributed by atoms with Crippen molar-refractivity contribution < 1.29 is 18.0 Å². The monoisotopic (exact) mass is 280 g/mol. The number of hydrogen-bond donors (Lipinski definition) is 2. The summed E-state index contributed by atoms with van der Waals surface area (Å²) in [6, 6.07) is 7.95. The molecule has 0 unspecified atom stereocenters. The van der Waals surface area contributed by atoms with Crippen molar-refractivity contribution in [2.45, 2.75) is 6.54 Å². The average Bonchev–Trinajstić information content (AvgIpc) is 2.36. The van der Waals surface area contributed by atoms with Crippen LogP contribution in [0.1, 0.15) is 5.56 Å². The number of nitrogens with one attached hydrogen (secondary N) is 2. The minimum atomic E-state index is -0.797. The van der Waals surface area contributed by atoms with Gasteiger partial charge < -0.3 is 10.6 Å². The van der Waals surface area contributed by atoms with Crippen LogP contribution in [-0.4, -0.2) is 6.03 Å². The van der Waals surface area contributed by atoms with Crippen LogP contribution in [0.15, 0.2) is 42.5 Å². The second kappa shape index (κ2) is 6.10. The lowest BCUT2D eigenvalue weighted by Gasteiger charge is -2.08. The number of carbonyl (C=O) groups excluding carboxylic acids is 1. The normalized spacial score (nSPS) is 10.2. The molecule has 0 aliphatic carbocycles. The standard InChI is InChI=1S/C14H11F3N2O/c15-10-5-11(16)7-12(6-10)19-14(20)18-8-9-3-1-2-4-13(9)17/h1-7H,8H2,(H2,18,19,20). The van der Waals surface area contributed by atoms with Crippen molar-refractivity contribution in [2.24, 2.45) is 0 Å². The Morgan fingerprint density at radius 2 is 1.65 bits per heavy atom. The van der Waals surface area contributed by atoms with Crippen LogP contribution in [0.3, 0.4) is 0 Å². The molecular formula is C14H11F3N2O. The van der Waals surface area contributed by atoms with Gasteiger partial charge in [0, 0.05) is 23.9 Å². The third kappa shape index (κ3) is 3.74. The van der Waals surface area contributed by atoms with Crippen molar-refractivity contribution in [3.63, 3.8) is 0 Å². The summed E-state index contributed by atoms with van der Waals surface area (Å²) in [6.45, 7) is -0.0314. The van der Waals surface area contributed by atoms with Gasteiger partial charge in [0.2, 0.25) is 0 Å². The van der Waals surface area contributed by atoms with E-state index in [1.165, 1.54) is 18.2 Å². The van der Waals surface area contributed by atoms with E-state index < -0.39 is 23.5 Å². The van der Waals surface area contributed by atoms with Crippen LogP contribution in [-0.2, 0) is 6.54 Å². The van der Waals surface area contributed by atoms with E-state index in [0.29, 0.717) is 11.6 Å².